The minimum absolute atomic E-state index is 0.0206. The Morgan fingerprint density at radius 2 is 1.52 bits per heavy atom. The summed E-state index contributed by atoms with van der Waals surface area (Å²) in [6, 6.07) is 0.868. The van der Waals surface area contributed by atoms with E-state index >= 15 is 0 Å². The molecule has 0 atom stereocenters. The van der Waals surface area contributed by atoms with E-state index in [0.29, 0.717) is 12.1 Å². The summed E-state index contributed by atoms with van der Waals surface area (Å²) in [6.07, 6.45) is -9.97. The highest BCUT2D eigenvalue weighted by Crippen LogP contribution is 2.37. The number of H-pyrrole nitrogens is 1. The van der Waals surface area contributed by atoms with Gasteiger partial charge in [0.15, 0.2) is 5.82 Å². The molecule has 0 saturated carbocycles. The van der Waals surface area contributed by atoms with Gasteiger partial charge >= 0.3 is 17.9 Å². The Morgan fingerprint density at radius 3 is 1.96 bits per heavy atom. The molecule has 12 heteroatoms. The van der Waals surface area contributed by atoms with Gasteiger partial charge in [0.2, 0.25) is 5.95 Å². The summed E-state index contributed by atoms with van der Waals surface area (Å²) in [5, 5.41) is 7.32. The molecule has 0 bridgehead atoms. The molecule has 0 aliphatic carbocycles. The predicted octanol–water partition coefficient (Wildman–Crippen LogP) is 2.53. The molecular formula is C11H7F6N5O. The second-order valence-corrected chi connectivity index (χ2v) is 4.29. The van der Waals surface area contributed by atoms with Crippen molar-refractivity contribution in [1.29, 1.82) is 0 Å². The summed E-state index contributed by atoms with van der Waals surface area (Å²) in [5.41, 5.74) is 0.741. The maximum atomic E-state index is 12.7. The van der Waals surface area contributed by atoms with Crippen LogP contribution in [0.5, 0.6) is 0 Å². The number of nitrogens with zero attached hydrogens (tertiary/aromatic N) is 2. The van der Waals surface area contributed by atoms with Crippen LogP contribution in [0, 0.1) is 0 Å². The molecule has 0 saturated heterocycles. The first-order chi connectivity index (χ1) is 10.5. The zero-order valence-corrected chi connectivity index (χ0v) is 10.9. The standard InChI is InChI=1S/C11H7F6N5O/c12-10(13,14)4-1-5(11(15,16)17)3-6(2-4)19-9-20-7(18)8(23)21-22-9/h1-3H,(H,21,23)(H3,18,19,20,22). The van der Waals surface area contributed by atoms with Crippen molar-refractivity contribution in [2.75, 3.05) is 11.1 Å². The van der Waals surface area contributed by atoms with Gasteiger partial charge in [0.1, 0.15) is 0 Å². The van der Waals surface area contributed by atoms with Gasteiger partial charge in [-0.3, -0.25) is 4.79 Å². The lowest BCUT2D eigenvalue weighted by atomic mass is 10.1. The minimum Gasteiger partial charge on any atom is -0.379 e. The van der Waals surface area contributed by atoms with Crippen LogP contribution in [-0.2, 0) is 12.4 Å². The fourth-order valence-corrected chi connectivity index (χ4v) is 1.56. The molecule has 124 valence electrons. The average Bonchev–Trinajstić information content (AvgIpc) is 2.41. The van der Waals surface area contributed by atoms with Gasteiger partial charge in [-0.05, 0) is 18.2 Å². The smallest absolute Gasteiger partial charge is 0.379 e. The molecule has 23 heavy (non-hydrogen) atoms. The molecule has 0 spiro atoms. The summed E-state index contributed by atoms with van der Waals surface area (Å²) in [7, 11) is 0. The first-order valence-electron chi connectivity index (χ1n) is 5.75. The van der Waals surface area contributed by atoms with Gasteiger partial charge in [-0.1, -0.05) is 0 Å². The Kier molecular flexibility index (Phi) is 3.92. The lowest BCUT2D eigenvalue weighted by Gasteiger charge is -2.14. The molecule has 0 fully saturated rings. The number of halogens is 6. The largest absolute Gasteiger partial charge is 0.416 e. The van der Waals surface area contributed by atoms with E-state index in [1.165, 1.54) is 0 Å². The number of aromatic nitrogens is 3. The first kappa shape index (κ1) is 16.6. The number of anilines is 3. The van der Waals surface area contributed by atoms with Crippen molar-refractivity contribution in [1.82, 2.24) is 15.2 Å². The van der Waals surface area contributed by atoms with E-state index in [0.717, 1.165) is 0 Å². The van der Waals surface area contributed by atoms with Crippen molar-refractivity contribution in [3.8, 4) is 0 Å². The van der Waals surface area contributed by atoms with Crippen molar-refractivity contribution >= 4 is 17.5 Å². The van der Waals surface area contributed by atoms with Gasteiger partial charge in [-0.15, -0.1) is 5.10 Å². The third kappa shape index (κ3) is 3.90. The van der Waals surface area contributed by atoms with E-state index in [9.17, 15) is 31.1 Å². The maximum absolute atomic E-state index is 12.7. The van der Waals surface area contributed by atoms with Gasteiger partial charge in [0.05, 0.1) is 11.1 Å². The number of benzene rings is 1. The molecule has 2 aromatic rings. The molecule has 0 aliphatic rings. The lowest BCUT2D eigenvalue weighted by Crippen LogP contribution is -2.17. The molecule has 0 unspecified atom stereocenters. The van der Waals surface area contributed by atoms with E-state index in [1.54, 1.807) is 0 Å². The number of rotatable bonds is 2. The predicted molar refractivity (Wildman–Crippen MR) is 66.8 cm³/mol. The zero-order chi connectivity index (χ0) is 17.4. The van der Waals surface area contributed by atoms with Gasteiger partial charge in [0, 0.05) is 5.69 Å². The van der Waals surface area contributed by atoms with Crippen LogP contribution in [0.15, 0.2) is 23.0 Å². The van der Waals surface area contributed by atoms with Crippen LogP contribution < -0.4 is 16.6 Å². The molecule has 1 heterocycles. The Labute approximate surface area is 123 Å². The fourth-order valence-electron chi connectivity index (χ4n) is 1.56. The van der Waals surface area contributed by atoms with E-state index in [1.807, 2.05) is 5.10 Å². The molecule has 4 N–H and O–H groups in total. The second-order valence-electron chi connectivity index (χ2n) is 4.29. The SMILES string of the molecule is Nc1nc(Nc2cc(C(F)(F)F)cc(C(F)(F)F)c2)n[nH]c1=O. The first-order valence-corrected chi connectivity index (χ1v) is 5.75. The number of hydrogen-bond donors (Lipinski definition) is 3. The number of hydrogen-bond acceptors (Lipinski definition) is 5. The fraction of sp³-hybridized carbons (Fsp3) is 0.182. The van der Waals surface area contributed by atoms with Crippen molar-refractivity contribution in [3.63, 3.8) is 0 Å². The van der Waals surface area contributed by atoms with Crippen molar-refractivity contribution in [2.45, 2.75) is 12.4 Å². The monoisotopic (exact) mass is 339 g/mol. The molecule has 0 aliphatic heterocycles. The molecular weight excluding hydrogens is 332 g/mol. The Bertz CT molecular complexity index is 749. The van der Waals surface area contributed by atoms with Crippen molar-refractivity contribution in [3.05, 3.63) is 39.7 Å². The van der Waals surface area contributed by atoms with Crippen LogP contribution in [0.3, 0.4) is 0 Å². The van der Waals surface area contributed by atoms with E-state index in [2.05, 4.69) is 15.4 Å². The van der Waals surface area contributed by atoms with Gasteiger partial charge < -0.3 is 11.1 Å². The van der Waals surface area contributed by atoms with Crippen molar-refractivity contribution in [2.24, 2.45) is 0 Å². The Balaban J connectivity index is 2.48. The number of aromatic amines is 1. The highest BCUT2D eigenvalue weighted by molar-refractivity contribution is 5.57. The normalized spacial score (nSPS) is 12.3. The molecule has 0 radical (unpaired) electrons. The van der Waals surface area contributed by atoms with E-state index in [4.69, 9.17) is 5.73 Å². The van der Waals surface area contributed by atoms with E-state index < -0.39 is 46.5 Å². The summed E-state index contributed by atoms with van der Waals surface area (Å²) in [6.45, 7) is 0. The Morgan fingerprint density at radius 1 is 1.00 bits per heavy atom. The van der Waals surface area contributed by atoms with Crippen LogP contribution in [0.4, 0.5) is 43.8 Å². The number of alkyl halides is 6. The van der Waals surface area contributed by atoms with E-state index in [-0.39, 0.29) is 6.07 Å². The molecule has 2 rings (SSSR count). The topological polar surface area (TPSA) is 96.7 Å². The maximum Gasteiger partial charge on any atom is 0.416 e. The van der Waals surface area contributed by atoms with Crippen LogP contribution in [-0.4, -0.2) is 15.2 Å². The molecule has 1 aromatic carbocycles. The third-order valence-electron chi connectivity index (χ3n) is 2.57. The quantitative estimate of drug-likeness (QED) is 0.731. The Hall–Kier alpha value is -2.79. The lowest BCUT2D eigenvalue weighted by molar-refractivity contribution is -0.143. The number of nitrogen functional groups attached to an aromatic ring is 1. The zero-order valence-electron chi connectivity index (χ0n) is 10.9. The highest BCUT2D eigenvalue weighted by atomic mass is 19.4. The van der Waals surface area contributed by atoms with Crippen LogP contribution in [0.2, 0.25) is 0 Å². The summed E-state index contributed by atoms with van der Waals surface area (Å²) in [5.74, 6) is -1.01. The minimum atomic E-state index is -4.98. The van der Waals surface area contributed by atoms with Crippen LogP contribution in [0.1, 0.15) is 11.1 Å². The molecule has 0 amide bonds. The number of nitrogens with two attached hydrogens (primary N) is 1. The number of nitrogens with one attached hydrogen (secondary N) is 2. The average molecular weight is 339 g/mol. The van der Waals surface area contributed by atoms with Crippen molar-refractivity contribution < 1.29 is 26.3 Å². The van der Waals surface area contributed by atoms with Crippen LogP contribution in [0.25, 0.3) is 0 Å². The van der Waals surface area contributed by atoms with Gasteiger partial charge in [-0.25, -0.2) is 5.10 Å². The van der Waals surface area contributed by atoms with Crippen LogP contribution >= 0.6 is 0 Å². The summed E-state index contributed by atoms with van der Waals surface area (Å²) < 4.78 is 76.2. The summed E-state index contributed by atoms with van der Waals surface area (Å²) >= 11 is 0. The highest BCUT2D eigenvalue weighted by Gasteiger charge is 2.37. The molecule has 1 aromatic heterocycles. The second kappa shape index (κ2) is 5.44. The summed E-state index contributed by atoms with van der Waals surface area (Å²) in [4.78, 5) is 14.4. The van der Waals surface area contributed by atoms with Gasteiger partial charge in [0.25, 0.3) is 0 Å². The third-order valence-corrected chi connectivity index (χ3v) is 2.57. The molecule has 6 nitrogen and oxygen atoms in total. The van der Waals surface area contributed by atoms with Gasteiger partial charge in [-0.2, -0.15) is 31.3 Å².